The van der Waals surface area contributed by atoms with E-state index in [1.54, 1.807) is 13.1 Å². The molecule has 0 bridgehead atoms. The van der Waals surface area contributed by atoms with Gasteiger partial charge in [0.05, 0.1) is 17.3 Å². The van der Waals surface area contributed by atoms with Gasteiger partial charge in [-0.05, 0) is 31.0 Å². The summed E-state index contributed by atoms with van der Waals surface area (Å²) in [6.45, 7) is 1.40. The van der Waals surface area contributed by atoms with E-state index in [1.807, 2.05) is 4.90 Å². The molecular weight excluding hydrogens is 233 g/mol. The van der Waals surface area contributed by atoms with Crippen LogP contribution in [0.5, 0.6) is 0 Å². The molecule has 0 radical (unpaired) electrons. The number of hydrogen-bond donors (Lipinski definition) is 2. The van der Waals surface area contributed by atoms with Crippen LogP contribution in [0.15, 0.2) is 18.2 Å². The van der Waals surface area contributed by atoms with Gasteiger partial charge in [-0.15, -0.1) is 0 Å². The lowest BCUT2D eigenvalue weighted by Crippen LogP contribution is -2.42. The first-order valence-corrected chi connectivity index (χ1v) is 6.13. The minimum atomic E-state index is -0.304. The van der Waals surface area contributed by atoms with Gasteiger partial charge in [0.1, 0.15) is 5.82 Å². The molecule has 1 amide bonds. The molecule has 0 aromatic heterocycles. The van der Waals surface area contributed by atoms with Gasteiger partial charge in [0, 0.05) is 20.1 Å². The van der Waals surface area contributed by atoms with Gasteiger partial charge >= 0.3 is 0 Å². The van der Waals surface area contributed by atoms with Crippen molar-refractivity contribution in [3.63, 3.8) is 0 Å². The van der Waals surface area contributed by atoms with E-state index in [0.717, 1.165) is 19.4 Å². The van der Waals surface area contributed by atoms with E-state index in [-0.39, 0.29) is 17.6 Å². The molecule has 1 aliphatic rings. The van der Waals surface area contributed by atoms with E-state index in [2.05, 4.69) is 5.32 Å². The zero-order chi connectivity index (χ0) is 13.1. The number of rotatable bonds is 2. The predicted octanol–water partition coefficient (Wildman–Crippen LogP) is 1.37. The Morgan fingerprint density at radius 2 is 2.33 bits per heavy atom. The second kappa shape index (κ2) is 5.25. The van der Waals surface area contributed by atoms with Crippen molar-refractivity contribution in [2.45, 2.75) is 12.8 Å². The fourth-order valence-electron chi connectivity index (χ4n) is 2.40. The quantitative estimate of drug-likeness (QED) is 0.780. The van der Waals surface area contributed by atoms with Crippen molar-refractivity contribution in [1.29, 1.82) is 0 Å². The zero-order valence-electron chi connectivity index (χ0n) is 10.4. The Bertz CT molecular complexity index is 450. The summed E-state index contributed by atoms with van der Waals surface area (Å²) in [5.41, 5.74) is 7.10. The maximum absolute atomic E-state index is 13.3. The van der Waals surface area contributed by atoms with Crippen molar-refractivity contribution in [2.75, 3.05) is 30.8 Å². The second-order valence-corrected chi connectivity index (χ2v) is 4.60. The monoisotopic (exact) mass is 251 g/mol. The van der Waals surface area contributed by atoms with Crippen molar-refractivity contribution in [3.8, 4) is 0 Å². The topological polar surface area (TPSA) is 58.4 Å². The lowest BCUT2D eigenvalue weighted by Gasteiger charge is -2.34. The highest BCUT2D eigenvalue weighted by atomic mass is 19.1. The average Bonchev–Trinajstić information content (AvgIpc) is 2.40. The molecule has 0 spiro atoms. The molecule has 0 aliphatic carbocycles. The van der Waals surface area contributed by atoms with E-state index in [0.29, 0.717) is 17.9 Å². The molecular formula is C13H18FN3O. The number of nitrogens with two attached hydrogens (primary N) is 1. The first kappa shape index (κ1) is 12.7. The summed E-state index contributed by atoms with van der Waals surface area (Å²) >= 11 is 0. The summed E-state index contributed by atoms with van der Waals surface area (Å²) < 4.78 is 13.3. The van der Waals surface area contributed by atoms with Crippen molar-refractivity contribution in [1.82, 2.24) is 5.32 Å². The van der Waals surface area contributed by atoms with Gasteiger partial charge in [-0.1, -0.05) is 0 Å². The normalized spacial score (nSPS) is 19.7. The first-order valence-electron chi connectivity index (χ1n) is 6.13. The number of nitrogens with zero attached hydrogens (tertiary/aromatic N) is 1. The molecule has 0 saturated carbocycles. The number of piperidine rings is 1. The molecule has 1 aliphatic heterocycles. The van der Waals surface area contributed by atoms with Crippen LogP contribution in [0.4, 0.5) is 15.8 Å². The highest BCUT2D eigenvalue weighted by molar-refractivity contribution is 5.79. The molecule has 1 fully saturated rings. The summed E-state index contributed by atoms with van der Waals surface area (Å²) in [5.74, 6) is -0.317. The van der Waals surface area contributed by atoms with Crippen molar-refractivity contribution < 1.29 is 9.18 Å². The molecule has 2 rings (SSSR count). The number of carbonyl (C=O) groups is 1. The average molecular weight is 251 g/mol. The summed E-state index contributed by atoms with van der Waals surface area (Å²) in [6.07, 6.45) is 1.78. The van der Waals surface area contributed by atoms with Crippen molar-refractivity contribution >= 4 is 17.3 Å². The Balaban J connectivity index is 2.18. The van der Waals surface area contributed by atoms with Gasteiger partial charge in [-0.25, -0.2) is 4.39 Å². The first-order chi connectivity index (χ1) is 8.61. The van der Waals surface area contributed by atoms with E-state index in [9.17, 15) is 9.18 Å². The zero-order valence-corrected chi connectivity index (χ0v) is 10.4. The van der Waals surface area contributed by atoms with E-state index >= 15 is 0 Å². The van der Waals surface area contributed by atoms with Gasteiger partial charge < -0.3 is 16.0 Å². The fourth-order valence-corrected chi connectivity index (χ4v) is 2.40. The molecule has 3 N–H and O–H groups in total. The molecule has 1 heterocycles. The van der Waals surface area contributed by atoms with Crippen molar-refractivity contribution in [3.05, 3.63) is 24.0 Å². The third kappa shape index (κ3) is 2.55. The minimum Gasteiger partial charge on any atom is -0.397 e. The lowest BCUT2D eigenvalue weighted by molar-refractivity contribution is -0.124. The highest BCUT2D eigenvalue weighted by Gasteiger charge is 2.26. The minimum absolute atomic E-state index is 0.0367. The number of hydrogen-bond acceptors (Lipinski definition) is 3. The fraction of sp³-hybridized carbons (Fsp3) is 0.462. The van der Waals surface area contributed by atoms with Crippen LogP contribution in [0.25, 0.3) is 0 Å². The van der Waals surface area contributed by atoms with E-state index in [1.165, 1.54) is 12.1 Å². The van der Waals surface area contributed by atoms with Crippen LogP contribution in [-0.4, -0.2) is 26.0 Å². The van der Waals surface area contributed by atoms with Crippen LogP contribution in [0.1, 0.15) is 12.8 Å². The summed E-state index contributed by atoms with van der Waals surface area (Å²) in [6, 6.07) is 4.34. The Morgan fingerprint density at radius 3 is 3.06 bits per heavy atom. The Kier molecular flexibility index (Phi) is 3.69. The second-order valence-electron chi connectivity index (χ2n) is 4.60. The van der Waals surface area contributed by atoms with Crippen LogP contribution >= 0.6 is 0 Å². The van der Waals surface area contributed by atoms with Crippen LogP contribution in [0.2, 0.25) is 0 Å². The van der Waals surface area contributed by atoms with Crippen molar-refractivity contribution in [2.24, 2.45) is 5.92 Å². The number of amides is 1. The van der Waals surface area contributed by atoms with E-state index < -0.39 is 0 Å². The smallest absolute Gasteiger partial charge is 0.224 e. The van der Waals surface area contributed by atoms with Gasteiger partial charge in [0.25, 0.3) is 0 Å². The Labute approximate surface area is 106 Å². The molecule has 4 nitrogen and oxygen atoms in total. The number of benzene rings is 1. The molecule has 5 heteroatoms. The SMILES string of the molecule is CNC(=O)C1CCCN(c2cc(F)ccc2N)C1. The maximum Gasteiger partial charge on any atom is 0.224 e. The van der Waals surface area contributed by atoms with Crippen LogP contribution in [-0.2, 0) is 4.79 Å². The number of carbonyl (C=O) groups excluding carboxylic acids is 1. The van der Waals surface area contributed by atoms with Crippen LogP contribution in [0.3, 0.4) is 0 Å². The maximum atomic E-state index is 13.3. The number of nitrogens with one attached hydrogen (secondary N) is 1. The lowest BCUT2D eigenvalue weighted by atomic mass is 9.96. The molecule has 1 unspecified atom stereocenters. The van der Waals surface area contributed by atoms with E-state index in [4.69, 9.17) is 5.73 Å². The molecule has 1 aromatic rings. The number of nitrogen functional groups attached to an aromatic ring is 1. The standard InChI is InChI=1S/C13H18FN3O/c1-16-13(18)9-3-2-6-17(8-9)12-7-10(14)4-5-11(12)15/h4-5,7,9H,2-3,6,8,15H2,1H3,(H,16,18). The van der Waals surface area contributed by atoms with Gasteiger partial charge in [0.15, 0.2) is 0 Å². The largest absolute Gasteiger partial charge is 0.397 e. The molecule has 1 saturated heterocycles. The van der Waals surface area contributed by atoms with Crippen LogP contribution in [0, 0.1) is 11.7 Å². The third-order valence-electron chi connectivity index (χ3n) is 3.37. The van der Waals surface area contributed by atoms with Gasteiger partial charge in [-0.3, -0.25) is 4.79 Å². The Hall–Kier alpha value is -1.78. The number of halogens is 1. The molecule has 1 aromatic carbocycles. The molecule has 1 atom stereocenters. The molecule has 98 valence electrons. The van der Waals surface area contributed by atoms with Gasteiger partial charge in [0.2, 0.25) is 5.91 Å². The summed E-state index contributed by atoms with van der Waals surface area (Å²) in [5, 5.41) is 2.66. The Morgan fingerprint density at radius 1 is 1.56 bits per heavy atom. The van der Waals surface area contributed by atoms with Crippen LogP contribution < -0.4 is 16.0 Å². The number of anilines is 2. The summed E-state index contributed by atoms with van der Waals surface area (Å²) in [4.78, 5) is 13.6. The van der Waals surface area contributed by atoms with Gasteiger partial charge in [-0.2, -0.15) is 0 Å². The third-order valence-corrected chi connectivity index (χ3v) is 3.37. The summed E-state index contributed by atoms with van der Waals surface area (Å²) in [7, 11) is 1.64. The highest BCUT2D eigenvalue weighted by Crippen LogP contribution is 2.28. The predicted molar refractivity (Wildman–Crippen MR) is 69.8 cm³/mol. The molecule has 18 heavy (non-hydrogen) atoms.